The van der Waals surface area contributed by atoms with Gasteiger partial charge in [0.1, 0.15) is 5.82 Å². The van der Waals surface area contributed by atoms with Crippen LogP contribution in [0.3, 0.4) is 0 Å². The van der Waals surface area contributed by atoms with E-state index in [1.54, 1.807) is 13.8 Å². The lowest BCUT2D eigenvalue weighted by atomic mass is 10.1. The van der Waals surface area contributed by atoms with Gasteiger partial charge in [0, 0.05) is 30.9 Å². The average molecular weight is 445 g/mol. The summed E-state index contributed by atoms with van der Waals surface area (Å²) in [5.74, 6) is -0.620. The minimum atomic E-state index is -4.65. The number of para-hydroxylation sites is 2. The molecule has 168 valence electrons. The summed E-state index contributed by atoms with van der Waals surface area (Å²) in [5, 5.41) is 6.42. The zero-order valence-corrected chi connectivity index (χ0v) is 17.9. The van der Waals surface area contributed by atoms with E-state index >= 15 is 0 Å². The first-order valence-electron chi connectivity index (χ1n) is 10.1. The van der Waals surface area contributed by atoms with Crippen LogP contribution < -0.4 is 5.32 Å². The SMILES string of the molecule is Cc1nc2nc(C(F)(F)F)nn2c(C)c1CCC(=O)NCCn1c(C)nc2ccccc21. The van der Waals surface area contributed by atoms with Crippen molar-refractivity contribution in [2.24, 2.45) is 0 Å². The molecule has 32 heavy (non-hydrogen) atoms. The van der Waals surface area contributed by atoms with Crippen LogP contribution in [-0.4, -0.2) is 41.6 Å². The predicted molar refractivity (Wildman–Crippen MR) is 111 cm³/mol. The number of benzene rings is 1. The minimum absolute atomic E-state index is 0.108. The van der Waals surface area contributed by atoms with Crippen LogP contribution in [0.1, 0.15) is 35.0 Å². The number of carbonyl (C=O) groups is 1. The molecule has 1 aromatic carbocycles. The molecule has 0 saturated heterocycles. The van der Waals surface area contributed by atoms with Gasteiger partial charge in [-0.05, 0) is 44.9 Å². The Kier molecular flexibility index (Phi) is 5.57. The second kappa shape index (κ2) is 8.21. The largest absolute Gasteiger partial charge is 0.453 e. The van der Waals surface area contributed by atoms with Gasteiger partial charge in [-0.25, -0.2) is 14.5 Å². The number of hydrogen-bond donors (Lipinski definition) is 1. The Labute approximate surface area is 181 Å². The van der Waals surface area contributed by atoms with Crippen molar-refractivity contribution in [2.75, 3.05) is 6.54 Å². The maximum Gasteiger partial charge on any atom is 0.453 e. The monoisotopic (exact) mass is 445 g/mol. The third kappa shape index (κ3) is 4.14. The van der Waals surface area contributed by atoms with Crippen molar-refractivity contribution in [3.05, 3.63) is 52.9 Å². The third-order valence-corrected chi connectivity index (χ3v) is 5.41. The Morgan fingerprint density at radius 3 is 2.59 bits per heavy atom. The Bertz CT molecular complexity index is 1310. The van der Waals surface area contributed by atoms with E-state index in [4.69, 9.17) is 0 Å². The molecule has 8 nitrogen and oxygen atoms in total. The first kappa shape index (κ1) is 21.7. The lowest BCUT2D eigenvalue weighted by Crippen LogP contribution is -2.27. The second-order valence-electron chi connectivity index (χ2n) is 7.56. The number of imidazole rings is 1. The summed E-state index contributed by atoms with van der Waals surface area (Å²) >= 11 is 0. The number of aryl methyl sites for hydroxylation is 3. The topological polar surface area (TPSA) is 90.0 Å². The molecule has 1 amide bonds. The van der Waals surface area contributed by atoms with E-state index in [-0.39, 0.29) is 18.1 Å². The molecule has 11 heteroatoms. The zero-order valence-electron chi connectivity index (χ0n) is 17.9. The molecule has 0 atom stereocenters. The summed E-state index contributed by atoms with van der Waals surface area (Å²) in [6.07, 6.45) is -4.13. The zero-order chi connectivity index (χ0) is 23.0. The number of nitrogens with zero attached hydrogens (tertiary/aromatic N) is 6. The van der Waals surface area contributed by atoms with Gasteiger partial charge in [-0.3, -0.25) is 4.79 Å². The number of nitrogens with one attached hydrogen (secondary N) is 1. The van der Waals surface area contributed by atoms with Crippen molar-refractivity contribution in [3.8, 4) is 0 Å². The molecule has 4 rings (SSSR count). The van der Waals surface area contributed by atoms with Crippen molar-refractivity contribution < 1.29 is 18.0 Å². The third-order valence-electron chi connectivity index (χ3n) is 5.41. The molecule has 3 heterocycles. The number of rotatable bonds is 6. The van der Waals surface area contributed by atoms with E-state index in [0.29, 0.717) is 36.5 Å². The molecule has 0 spiro atoms. The van der Waals surface area contributed by atoms with Gasteiger partial charge < -0.3 is 9.88 Å². The highest BCUT2D eigenvalue weighted by Gasteiger charge is 2.37. The maximum atomic E-state index is 12.9. The molecule has 0 aliphatic heterocycles. The molecule has 1 N–H and O–H groups in total. The highest BCUT2D eigenvalue weighted by Crippen LogP contribution is 2.27. The van der Waals surface area contributed by atoms with E-state index in [1.807, 2.05) is 35.8 Å². The second-order valence-corrected chi connectivity index (χ2v) is 7.56. The standard InChI is InChI=1S/C21H22F3N7O/c1-12-15(13(2)31-20(26-12)28-19(29-31)21(22,23)24)8-9-18(32)25-10-11-30-14(3)27-16-6-4-5-7-17(16)30/h4-7H,8-11H2,1-3H3,(H,25,32). The smallest absolute Gasteiger partial charge is 0.354 e. The van der Waals surface area contributed by atoms with Gasteiger partial charge in [0.05, 0.1) is 11.0 Å². The van der Waals surface area contributed by atoms with Crippen LogP contribution in [-0.2, 0) is 23.9 Å². The van der Waals surface area contributed by atoms with E-state index in [9.17, 15) is 18.0 Å². The molecule has 0 radical (unpaired) electrons. The fraction of sp³-hybridized carbons (Fsp3) is 0.381. The van der Waals surface area contributed by atoms with E-state index in [2.05, 4.69) is 25.4 Å². The molecule has 0 unspecified atom stereocenters. The fourth-order valence-corrected chi connectivity index (χ4v) is 3.80. The molecular weight excluding hydrogens is 423 g/mol. The fourth-order valence-electron chi connectivity index (χ4n) is 3.80. The molecule has 0 aliphatic rings. The van der Waals surface area contributed by atoms with E-state index in [0.717, 1.165) is 21.4 Å². The Balaban J connectivity index is 1.40. The Morgan fingerprint density at radius 1 is 1.09 bits per heavy atom. The van der Waals surface area contributed by atoms with Crippen LogP contribution in [0.4, 0.5) is 13.2 Å². The van der Waals surface area contributed by atoms with Crippen molar-refractivity contribution in [1.29, 1.82) is 0 Å². The maximum absolute atomic E-state index is 12.9. The molecule has 0 aliphatic carbocycles. The molecular formula is C21H22F3N7O. The summed E-state index contributed by atoms with van der Waals surface area (Å²) in [7, 11) is 0. The average Bonchev–Trinajstić information content (AvgIpc) is 3.29. The van der Waals surface area contributed by atoms with E-state index in [1.165, 1.54) is 0 Å². The number of halogens is 3. The summed E-state index contributed by atoms with van der Waals surface area (Å²) in [6.45, 7) is 6.28. The van der Waals surface area contributed by atoms with Crippen LogP contribution in [0, 0.1) is 20.8 Å². The molecule has 4 aromatic rings. The van der Waals surface area contributed by atoms with Gasteiger partial charge in [-0.15, -0.1) is 5.10 Å². The van der Waals surface area contributed by atoms with Gasteiger partial charge in [0.25, 0.3) is 11.6 Å². The number of carbonyl (C=O) groups excluding carboxylic acids is 1. The first-order valence-corrected chi connectivity index (χ1v) is 10.1. The number of aromatic nitrogens is 6. The van der Waals surface area contributed by atoms with Gasteiger partial charge in [0.15, 0.2) is 0 Å². The quantitative estimate of drug-likeness (QED) is 0.492. The predicted octanol–water partition coefficient (Wildman–Crippen LogP) is 3.17. The summed E-state index contributed by atoms with van der Waals surface area (Å²) in [4.78, 5) is 24.5. The summed E-state index contributed by atoms with van der Waals surface area (Å²) in [6, 6.07) is 7.81. The number of fused-ring (bicyclic) bond motifs is 2. The van der Waals surface area contributed by atoms with Crippen molar-refractivity contribution in [2.45, 2.75) is 46.3 Å². The molecule has 0 fully saturated rings. The highest BCUT2D eigenvalue weighted by atomic mass is 19.4. The van der Waals surface area contributed by atoms with Crippen LogP contribution in [0.15, 0.2) is 24.3 Å². The van der Waals surface area contributed by atoms with Crippen molar-refractivity contribution in [3.63, 3.8) is 0 Å². The molecule has 0 saturated carbocycles. The van der Waals surface area contributed by atoms with Crippen molar-refractivity contribution in [1.82, 2.24) is 34.4 Å². The summed E-state index contributed by atoms with van der Waals surface area (Å²) in [5.41, 5.74) is 3.62. The van der Waals surface area contributed by atoms with Gasteiger partial charge >= 0.3 is 6.18 Å². The van der Waals surface area contributed by atoms with Gasteiger partial charge in [-0.1, -0.05) is 12.1 Å². The normalized spacial score (nSPS) is 12.1. The van der Waals surface area contributed by atoms with Crippen LogP contribution in [0.5, 0.6) is 0 Å². The Morgan fingerprint density at radius 2 is 1.84 bits per heavy atom. The number of alkyl halides is 3. The van der Waals surface area contributed by atoms with Crippen LogP contribution >= 0.6 is 0 Å². The van der Waals surface area contributed by atoms with E-state index < -0.39 is 12.0 Å². The lowest BCUT2D eigenvalue weighted by molar-refractivity contribution is -0.144. The van der Waals surface area contributed by atoms with Gasteiger partial charge in [-0.2, -0.15) is 18.2 Å². The first-order chi connectivity index (χ1) is 15.1. The molecule has 0 bridgehead atoms. The van der Waals surface area contributed by atoms with Crippen LogP contribution in [0.2, 0.25) is 0 Å². The summed E-state index contributed by atoms with van der Waals surface area (Å²) < 4.78 is 41.9. The highest BCUT2D eigenvalue weighted by molar-refractivity contribution is 5.77. The number of amides is 1. The number of hydrogen-bond acceptors (Lipinski definition) is 5. The Hall–Kier alpha value is -3.50. The van der Waals surface area contributed by atoms with Crippen LogP contribution in [0.25, 0.3) is 16.8 Å². The minimum Gasteiger partial charge on any atom is -0.354 e. The molecule has 3 aromatic heterocycles. The van der Waals surface area contributed by atoms with Crippen molar-refractivity contribution >= 4 is 22.7 Å². The lowest BCUT2D eigenvalue weighted by Gasteiger charge is -2.11. The van der Waals surface area contributed by atoms with Gasteiger partial charge in [0.2, 0.25) is 5.91 Å².